The third-order valence-corrected chi connectivity index (χ3v) is 7.48. The lowest BCUT2D eigenvalue weighted by Crippen LogP contribution is -2.33. The summed E-state index contributed by atoms with van der Waals surface area (Å²) in [6, 6.07) is 11.3. The zero-order valence-electron chi connectivity index (χ0n) is 19.5. The number of ether oxygens (including phenoxy) is 1. The van der Waals surface area contributed by atoms with E-state index in [2.05, 4.69) is 6.92 Å². The molecule has 2 aromatic rings. The van der Waals surface area contributed by atoms with Crippen molar-refractivity contribution < 1.29 is 23.1 Å². The molecule has 0 fully saturated rings. The Bertz CT molecular complexity index is 940. The van der Waals surface area contributed by atoms with Crippen molar-refractivity contribution in [1.29, 1.82) is 0 Å². The fraction of sp³-hybridized carbons (Fsp3) is 0.500. The first-order valence-electron chi connectivity index (χ1n) is 11.9. The molecule has 0 aliphatic rings. The second kappa shape index (κ2) is 13.9. The molecule has 182 valence electrons. The van der Waals surface area contributed by atoms with Gasteiger partial charge in [0.05, 0.1) is 9.79 Å². The number of carbonyl (C=O) groups is 1. The molecule has 3 N–H and O–H groups in total. The molecule has 0 spiro atoms. The largest absolute Gasteiger partial charge is 0.508 e. The Hall–Kier alpha value is -2.54. The Morgan fingerprint density at radius 1 is 0.818 bits per heavy atom. The van der Waals surface area contributed by atoms with Crippen molar-refractivity contribution in [3.8, 4) is 11.5 Å². The highest BCUT2D eigenvalue weighted by atomic mass is 32.2. The van der Waals surface area contributed by atoms with Gasteiger partial charge in [0.15, 0.2) is 6.10 Å². The van der Waals surface area contributed by atoms with Crippen LogP contribution in [0.5, 0.6) is 11.5 Å². The first-order valence-corrected chi connectivity index (χ1v) is 13.4. The molecule has 7 heteroatoms. The van der Waals surface area contributed by atoms with Crippen LogP contribution in [0.1, 0.15) is 77.6 Å². The van der Waals surface area contributed by atoms with E-state index in [4.69, 9.17) is 10.5 Å². The number of phenols is 1. The number of hydrogen-bond acceptors (Lipinski definition) is 5. The summed E-state index contributed by atoms with van der Waals surface area (Å²) in [5.41, 5.74) is 5.51. The Kier molecular flexibility index (Phi) is 11.2. The van der Waals surface area contributed by atoms with E-state index in [1.807, 2.05) is 0 Å². The molecule has 2 aromatic carbocycles. The van der Waals surface area contributed by atoms with E-state index in [0.29, 0.717) is 12.2 Å². The van der Waals surface area contributed by atoms with Crippen molar-refractivity contribution in [1.82, 2.24) is 0 Å². The highest BCUT2D eigenvalue weighted by Gasteiger charge is 2.20. The summed E-state index contributed by atoms with van der Waals surface area (Å²) in [4.78, 5) is 12.0. The van der Waals surface area contributed by atoms with Gasteiger partial charge in [-0.15, -0.1) is 0 Å². The van der Waals surface area contributed by atoms with Gasteiger partial charge in [0.1, 0.15) is 11.5 Å². The molecule has 0 bridgehead atoms. The number of amides is 1. The van der Waals surface area contributed by atoms with Gasteiger partial charge in [-0.3, -0.25) is 4.79 Å². The van der Waals surface area contributed by atoms with Crippen LogP contribution >= 0.6 is 0 Å². The fourth-order valence-electron chi connectivity index (χ4n) is 3.70. The number of hydrogen-bond donors (Lipinski definition) is 2. The van der Waals surface area contributed by atoms with Gasteiger partial charge in [0.25, 0.3) is 5.91 Å². The van der Waals surface area contributed by atoms with Crippen molar-refractivity contribution >= 4 is 15.7 Å². The van der Waals surface area contributed by atoms with Crippen LogP contribution in [0.4, 0.5) is 0 Å². The van der Waals surface area contributed by atoms with E-state index in [-0.39, 0.29) is 15.5 Å². The van der Waals surface area contributed by atoms with E-state index in [1.54, 1.807) is 0 Å². The minimum absolute atomic E-state index is 0.00222. The zero-order valence-corrected chi connectivity index (χ0v) is 20.4. The van der Waals surface area contributed by atoms with Gasteiger partial charge in [0, 0.05) is 0 Å². The molecule has 0 saturated heterocycles. The second-order valence-corrected chi connectivity index (χ2v) is 10.4. The van der Waals surface area contributed by atoms with Gasteiger partial charge in [-0.05, 0) is 61.4 Å². The Morgan fingerprint density at radius 3 is 1.76 bits per heavy atom. The number of phenolic OH excluding ortho intramolecular Hbond substituents is 1. The van der Waals surface area contributed by atoms with Gasteiger partial charge in [-0.25, -0.2) is 8.42 Å². The maximum absolute atomic E-state index is 12.7. The smallest absolute Gasteiger partial charge is 0.258 e. The molecule has 6 nitrogen and oxygen atoms in total. The molecule has 0 radical (unpaired) electrons. The molecule has 0 aromatic heterocycles. The highest BCUT2D eigenvalue weighted by molar-refractivity contribution is 7.91. The number of nitrogens with two attached hydrogens (primary N) is 1. The number of rotatable bonds is 16. The topological polar surface area (TPSA) is 107 Å². The lowest BCUT2D eigenvalue weighted by atomic mass is 10.0. The monoisotopic (exact) mass is 475 g/mol. The number of sulfone groups is 1. The predicted octanol–water partition coefficient (Wildman–Crippen LogP) is 5.77. The van der Waals surface area contributed by atoms with E-state index < -0.39 is 21.8 Å². The van der Waals surface area contributed by atoms with Crippen LogP contribution in [0.3, 0.4) is 0 Å². The third-order valence-electron chi connectivity index (χ3n) is 5.70. The van der Waals surface area contributed by atoms with Crippen LogP contribution in [0.2, 0.25) is 0 Å². The van der Waals surface area contributed by atoms with Gasteiger partial charge in [0.2, 0.25) is 9.84 Å². The molecule has 0 saturated carbocycles. The van der Waals surface area contributed by atoms with Crippen LogP contribution < -0.4 is 10.5 Å². The number of unbranched alkanes of at least 4 members (excludes halogenated alkanes) is 9. The van der Waals surface area contributed by atoms with E-state index in [0.717, 1.165) is 19.3 Å². The Morgan fingerprint density at radius 2 is 1.27 bits per heavy atom. The maximum Gasteiger partial charge on any atom is 0.258 e. The molecule has 1 unspecified atom stereocenters. The number of aromatic hydroxyl groups is 1. The van der Waals surface area contributed by atoms with Crippen molar-refractivity contribution in [2.24, 2.45) is 5.73 Å². The third kappa shape index (κ3) is 9.08. The maximum atomic E-state index is 12.7. The summed E-state index contributed by atoms with van der Waals surface area (Å²) in [6.45, 7) is 2.22. The van der Waals surface area contributed by atoms with E-state index in [9.17, 15) is 18.3 Å². The standard InChI is InChI=1S/C26H37NO5S/c1-2-3-4-5-6-7-8-9-10-11-12-25(26(27)29)32-22-15-19-24(20-16-22)33(30,31)23-17-13-21(28)14-18-23/h13-20,25,28H,2-12H2,1H3,(H2,27,29). The van der Waals surface area contributed by atoms with Crippen LogP contribution in [-0.4, -0.2) is 25.5 Å². The van der Waals surface area contributed by atoms with Gasteiger partial charge < -0.3 is 15.6 Å². The van der Waals surface area contributed by atoms with Gasteiger partial charge in [-0.2, -0.15) is 0 Å². The zero-order chi connectivity index (χ0) is 24.1. The quantitative estimate of drug-likeness (QED) is 0.300. The minimum atomic E-state index is -3.71. The van der Waals surface area contributed by atoms with Crippen molar-refractivity contribution in [3.63, 3.8) is 0 Å². The Labute approximate surface area is 198 Å². The lowest BCUT2D eigenvalue weighted by molar-refractivity contribution is -0.125. The molecule has 33 heavy (non-hydrogen) atoms. The molecular formula is C26H37NO5S. The first kappa shape index (κ1) is 26.7. The van der Waals surface area contributed by atoms with Crippen LogP contribution in [0.25, 0.3) is 0 Å². The van der Waals surface area contributed by atoms with Crippen molar-refractivity contribution in [2.45, 2.75) is 93.4 Å². The van der Waals surface area contributed by atoms with Crippen LogP contribution in [0.15, 0.2) is 58.3 Å². The average molecular weight is 476 g/mol. The summed E-state index contributed by atoms with van der Waals surface area (Å²) in [5.74, 6) is -0.125. The molecule has 0 aliphatic carbocycles. The molecule has 2 rings (SSSR count). The number of carbonyl (C=O) groups excluding carboxylic acids is 1. The van der Waals surface area contributed by atoms with Crippen molar-refractivity contribution in [3.05, 3.63) is 48.5 Å². The molecular weight excluding hydrogens is 438 g/mol. The van der Waals surface area contributed by atoms with Crippen LogP contribution in [0, 0.1) is 0 Å². The average Bonchev–Trinajstić information content (AvgIpc) is 2.80. The fourth-order valence-corrected chi connectivity index (χ4v) is 4.96. The summed E-state index contributed by atoms with van der Waals surface area (Å²) in [5, 5.41) is 9.36. The Balaban J connectivity index is 1.80. The van der Waals surface area contributed by atoms with Gasteiger partial charge >= 0.3 is 0 Å². The molecule has 0 aliphatic heterocycles. The lowest BCUT2D eigenvalue weighted by Gasteiger charge is -2.16. The SMILES string of the molecule is CCCCCCCCCCCCC(Oc1ccc(S(=O)(=O)c2ccc(O)cc2)cc1)C(N)=O. The summed E-state index contributed by atoms with van der Waals surface area (Å²) in [6.07, 6.45) is 11.9. The van der Waals surface area contributed by atoms with Crippen molar-refractivity contribution in [2.75, 3.05) is 0 Å². The summed E-state index contributed by atoms with van der Waals surface area (Å²) < 4.78 is 31.2. The number of benzene rings is 2. The highest BCUT2D eigenvalue weighted by Crippen LogP contribution is 2.25. The predicted molar refractivity (Wildman–Crippen MR) is 130 cm³/mol. The minimum Gasteiger partial charge on any atom is -0.508 e. The van der Waals surface area contributed by atoms with E-state index in [1.165, 1.54) is 93.5 Å². The number of primary amides is 1. The second-order valence-electron chi connectivity index (χ2n) is 8.45. The summed E-state index contributed by atoms with van der Waals surface area (Å²) in [7, 11) is -3.71. The molecule has 1 amide bonds. The van der Waals surface area contributed by atoms with Crippen LogP contribution in [-0.2, 0) is 14.6 Å². The van der Waals surface area contributed by atoms with E-state index >= 15 is 0 Å². The molecule has 0 heterocycles. The first-order chi connectivity index (χ1) is 15.8. The van der Waals surface area contributed by atoms with Gasteiger partial charge in [-0.1, -0.05) is 64.7 Å². The molecule has 1 atom stereocenters. The normalized spacial score (nSPS) is 12.4. The summed E-state index contributed by atoms with van der Waals surface area (Å²) >= 11 is 0.